The first-order valence-electron chi connectivity index (χ1n) is 3.82. The minimum atomic E-state index is -0.266. The van der Waals surface area contributed by atoms with Crippen molar-refractivity contribution in [3.63, 3.8) is 0 Å². The minimum absolute atomic E-state index is 0.0638. The average Bonchev–Trinajstić information content (AvgIpc) is 2.08. The summed E-state index contributed by atoms with van der Waals surface area (Å²) in [4.78, 5) is 27.4. The van der Waals surface area contributed by atoms with Crippen LogP contribution in [0, 0.1) is 0 Å². The standard InChI is InChI=1S/C8H11N3O2/c1-10(2)8(13)6-11-4-3-9-5-7(11)12/h3-5H,6H2,1-2H3. The number of hydrogen-bond acceptors (Lipinski definition) is 3. The SMILES string of the molecule is CN(C)C(=O)Cn1ccncc1=O. The van der Waals surface area contributed by atoms with Crippen LogP contribution in [0.2, 0.25) is 0 Å². The Hall–Kier alpha value is -1.65. The predicted molar refractivity (Wildman–Crippen MR) is 47.2 cm³/mol. The third-order valence-electron chi connectivity index (χ3n) is 1.61. The highest BCUT2D eigenvalue weighted by molar-refractivity contribution is 5.75. The highest BCUT2D eigenvalue weighted by Gasteiger charge is 2.04. The minimum Gasteiger partial charge on any atom is -0.347 e. The summed E-state index contributed by atoms with van der Waals surface area (Å²) in [7, 11) is 3.29. The molecule has 1 aromatic heterocycles. The molecule has 70 valence electrons. The van der Waals surface area contributed by atoms with Crippen LogP contribution in [0.25, 0.3) is 0 Å². The van der Waals surface area contributed by atoms with Gasteiger partial charge in [0.1, 0.15) is 6.54 Å². The van der Waals surface area contributed by atoms with Crippen molar-refractivity contribution in [1.29, 1.82) is 0 Å². The second kappa shape index (κ2) is 3.84. The Kier molecular flexibility index (Phi) is 2.79. The lowest BCUT2D eigenvalue weighted by Gasteiger charge is -2.10. The lowest BCUT2D eigenvalue weighted by molar-refractivity contribution is -0.129. The summed E-state index contributed by atoms with van der Waals surface area (Å²) in [6, 6.07) is 0. The van der Waals surface area contributed by atoms with Crippen LogP contribution in [0.15, 0.2) is 23.4 Å². The first kappa shape index (κ1) is 9.44. The largest absolute Gasteiger partial charge is 0.347 e. The fourth-order valence-corrected chi connectivity index (χ4v) is 0.791. The first-order valence-corrected chi connectivity index (χ1v) is 3.82. The van der Waals surface area contributed by atoms with Gasteiger partial charge in [-0.25, -0.2) is 0 Å². The van der Waals surface area contributed by atoms with E-state index in [4.69, 9.17) is 0 Å². The van der Waals surface area contributed by atoms with Gasteiger partial charge >= 0.3 is 0 Å². The number of carbonyl (C=O) groups is 1. The molecule has 0 saturated heterocycles. The Morgan fingerprint density at radius 3 is 2.85 bits per heavy atom. The van der Waals surface area contributed by atoms with Crippen molar-refractivity contribution in [2.75, 3.05) is 14.1 Å². The summed E-state index contributed by atoms with van der Waals surface area (Å²) in [5.74, 6) is -0.117. The van der Waals surface area contributed by atoms with Crippen LogP contribution in [-0.2, 0) is 11.3 Å². The van der Waals surface area contributed by atoms with Crippen molar-refractivity contribution in [1.82, 2.24) is 14.5 Å². The predicted octanol–water partition coefficient (Wildman–Crippen LogP) is -0.669. The van der Waals surface area contributed by atoms with E-state index in [2.05, 4.69) is 4.98 Å². The van der Waals surface area contributed by atoms with E-state index in [9.17, 15) is 9.59 Å². The number of likely N-dealkylation sites (N-methyl/N-ethyl adjacent to an activating group) is 1. The lowest BCUT2D eigenvalue weighted by Crippen LogP contribution is -2.31. The topological polar surface area (TPSA) is 55.2 Å². The third kappa shape index (κ3) is 2.40. The molecule has 0 aliphatic heterocycles. The Bertz CT molecular complexity index is 356. The van der Waals surface area contributed by atoms with Crippen molar-refractivity contribution >= 4 is 5.91 Å². The molecule has 0 spiro atoms. The molecule has 0 radical (unpaired) electrons. The molecule has 1 rings (SSSR count). The number of hydrogen-bond donors (Lipinski definition) is 0. The van der Waals surface area contributed by atoms with Crippen LogP contribution < -0.4 is 5.56 Å². The number of carbonyl (C=O) groups excluding carboxylic acids is 1. The molecule has 0 unspecified atom stereocenters. The van der Waals surface area contributed by atoms with Gasteiger partial charge in [-0.15, -0.1) is 0 Å². The first-order chi connectivity index (χ1) is 6.11. The molecule has 0 N–H and O–H groups in total. The molecule has 1 amide bonds. The van der Waals surface area contributed by atoms with Gasteiger partial charge in [0.05, 0.1) is 6.20 Å². The molecule has 1 aromatic rings. The van der Waals surface area contributed by atoms with Gasteiger partial charge in [-0.3, -0.25) is 14.6 Å². The maximum atomic E-state index is 11.2. The molecule has 0 saturated carbocycles. The number of nitrogens with zero attached hydrogens (tertiary/aromatic N) is 3. The normalized spacial score (nSPS) is 9.69. The quantitative estimate of drug-likeness (QED) is 0.608. The summed E-state index contributed by atoms with van der Waals surface area (Å²) < 4.78 is 1.31. The summed E-state index contributed by atoms with van der Waals surface area (Å²) in [5, 5.41) is 0. The van der Waals surface area contributed by atoms with Crippen LogP contribution >= 0.6 is 0 Å². The average molecular weight is 181 g/mol. The Morgan fingerprint density at radius 2 is 2.31 bits per heavy atom. The highest BCUT2D eigenvalue weighted by Crippen LogP contribution is 1.84. The van der Waals surface area contributed by atoms with Gasteiger partial charge in [-0.05, 0) is 0 Å². The van der Waals surface area contributed by atoms with E-state index in [1.54, 1.807) is 14.1 Å². The maximum Gasteiger partial charge on any atom is 0.269 e. The lowest BCUT2D eigenvalue weighted by atomic mass is 10.5. The third-order valence-corrected chi connectivity index (χ3v) is 1.61. The molecular weight excluding hydrogens is 170 g/mol. The zero-order valence-corrected chi connectivity index (χ0v) is 7.60. The molecule has 0 atom stereocenters. The van der Waals surface area contributed by atoms with E-state index in [0.717, 1.165) is 0 Å². The van der Waals surface area contributed by atoms with E-state index in [1.807, 2.05) is 0 Å². The number of rotatable bonds is 2. The zero-order valence-electron chi connectivity index (χ0n) is 7.60. The summed E-state index contributed by atoms with van der Waals surface area (Å²) in [6.07, 6.45) is 4.15. The summed E-state index contributed by atoms with van der Waals surface area (Å²) in [5.41, 5.74) is -0.266. The summed E-state index contributed by atoms with van der Waals surface area (Å²) in [6.45, 7) is 0.0638. The molecule has 0 fully saturated rings. The van der Waals surface area contributed by atoms with Gasteiger partial charge in [0.15, 0.2) is 0 Å². The molecule has 1 heterocycles. The zero-order chi connectivity index (χ0) is 9.84. The second-order valence-corrected chi connectivity index (χ2v) is 2.83. The van der Waals surface area contributed by atoms with Crippen molar-refractivity contribution in [3.8, 4) is 0 Å². The van der Waals surface area contributed by atoms with Gasteiger partial charge in [0.2, 0.25) is 5.91 Å². The van der Waals surface area contributed by atoms with Gasteiger partial charge in [-0.1, -0.05) is 0 Å². The van der Waals surface area contributed by atoms with Crippen LogP contribution in [0.4, 0.5) is 0 Å². The monoisotopic (exact) mass is 181 g/mol. The molecule has 5 nitrogen and oxygen atoms in total. The molecular formula is C8H11N3O2. The second-order valence-electron chi connectivity index (χ2n) is 2.83. The van der Waals surface area contributed by atoms with Gasteiger partial charge in [0.25, 0.3) is 5.56 Å². The van der Waals surface area contributed by atoms with Gasteiger partial charge < -0.3 is 9.47 Å². The molecule has 13 heavy (non-hydrogen) atoms. The Balaban J connectivity index is 2.81. The Morgan fingerprint density at radius 1 is 1.62 bits per heavy atom. The maximum absolute atomic E-state index is 11.2. The van der Waals surface area contributed by atoms with Crippen LogP contribution in [0.3, 0.4) is 0 Å². The van der Waals surface area contributed by atoms with E-state index < -0.39 is 0 Å². The van der Waals surface area contributed by atoms with Crippen LogP contribution in [-0.4, -0.2) is 34.5 Å². The smallest absolute Gasteiger partial charge is 0.269 e. The van der Waals surface area contributed by atoms with Crippen molar-refractivity contribution < 1.29 is 4.79 Å². The van der Waals surface area contributed by atoms with Crippen LogP contribution in [0.1, 0.15) is 0 Å². The highest BCUT2D eigenvalue weighted by atomic mass is 16.2. The Labute approximate surface area is 75.6 Å². The van der Waals surface area contributed by atoms with E-state index in [1.165, 1.54) is 28.1 Å². The van der Waals surface area contributed by atoms with Crippen molar-refractivity contribution in [3.05, 3.63) is 28.9 Å². The molecule has 0 aromatic carbocycles. The van der Waals surface area contributed by atoms with Gasteiger partial charge in [0, 0.05) is 26.5 Å². The summed E-state index contributed by atoms with van der Waals surface area (Å²) >= 11 is 0. The van der Waals surface area contributed by atoms with E-state index >= 15 is 0 Å². The van der Waals surface area contributed by atoms with E-state index in [-0.39, 0.29) is 18.0 Å². The molecule has 5 heteroatoms. The fourth-order valence-electron chi connectivity index (χ4n) is 0.791. The fraction of sp³-hybridized carbons (Fsp3) is 0.375. The molecule has 0 aliphatic carbocycles. The van der Waals surface area contributed by atoms with Crippen molar-refractivity contribution in [2.24, 2.45) is 0 Å². The van der Waals surface area contributed by atoms with Crippen LogP contribution in [0.5, 0.6) is 0 Å². The van der Waals surface area contributed by atoms with Crippen molar-refractivity contribution in [2.45, 2.75) is 6.54 Å². The van der Waals surface area contributed by atoms with E-state index in [0.29, 0.717) is 0 Å². The molecule has 0 bridgehead atoms. The number of aromatic nitrogens is 2. The number of amides is 1. The van der Waals surface area contributed by atoms with Gasteiger partial charge in [-0.2, -0.15) is 0 Å². The molecule has 0 aliphatic rings.